The number of nitrogens with zero attached hydrogens (tertiary/aromatic N) is 4. The van der Waals surface area contributed by atoms with Crippen LogP contribution >= 0.6 is 0 Å². The Labute approximate surface area is 109 Å². The SMILES string of the molecule is CNCc1cnc(N2CCN(C(C)C)CC2)nc1. The van der Waals surface area contributed by atoms with Crippen molar-refractivity contribution in [2.24, 2.45) is 0 Å². The molecule has 0 radical (unpaired) electrons. The zero-order chi connectivity index (χ0) is 13.0. The van der Waals surface area contributed by atoms with Crippen LogP contribution in [0, 0.1) is 0 Å². The second-order valence-corrected chi connectivity index (χ2v) is 5.04. The first-order chi connectivity index (χ1) is 8.70. The highest BCUT2D eigenvalue weighted by atomic mass is 15.3. The van der Waals surface area contributed by atoms with E-state index < -0.39 is 0 Å². The zero-order valence-corrected chi connectivity index (χ0v) is 11.6. The van der Waals surface area contributed by atoms with Crippen molar-refractivity contribution in [1.82, 2.24) is 20.2 Å². The van der Waals surface area contributed by atoms with Crippen LogP contribution in [0.1, 0.15) is 19.4 Å². The van der Waals surface area contributed by atoms with E-state index in [1.807, 2.05) is 19.4 Å². The topological polar surface area (TPSA) is 44.3 Å². The minimum Gasteiger partial charge on any atom is -0.338 e. The molecule has 0 saturated carbocycles. The maximum Gasteiger partial charge on any atom is 0.225 e. The Bertz CT molecular complexity index is 354. The second-order valence-electron chi connectivity index (χ2n) is 5.04. The van der Waals surface area contributed by atoms with Gasteiger partial charge in [-0.3, -0.25) is 4.90 Å². The Hall–Kier alpha value is -1.20. The van der Waals surface area contributed by atoms with Gasteiger partial charge >= 0.3 is 0 Å². The van der Waals surface area contributed by atoms with Gasteiger partial charge in [0.2, 0.25) is 5.95 Å². The van der Waals surface area contributed by atoms with E-state index in [4.69, 9.17) is 0 Å². The molecule has 2 rings (SSSR count). The Balaban J connectivity index is 1.93. The first-order valence-electron chi connectivity index (χ1n) is 6.65. The van der Waals surface area contributed by atoms with E-state index in [0.717, 1.165) is 44.2 Å². The number of hydrogen-bond donors (Lipinski definition) is 1. The molecular weight excluding hydrogens is 226 g/mol. The van der Waals surface area contributed by atoms with Gasteiger partial charge in [-0.1, -0.05) is 0 Å². The van der Waals surface area contributed by atoms with Gasteiger partial charge in [0.1, 0.15) is 0 Å². The van der Waals surface area contributed by atoms with Crippen LogP contribution in [0.25, 0.3) is 0 Å². The molecule has 0 bridgehead atoms. The third kappa shape index (κ3) is 3.17. The monoisotopic (exact) mass is 249 g/mol. The van der Waals surface area contributed by atoms with Crippen LogP contribution in [0.15, 0.2) is 12.4 Å². The summed E-state index contributed by atoms with van der Waals surface area (Å²) in [6.07, 6.45) is 3.82. The normalized spacial score (nSPS) is 17.4. The van der Waals surface area contributed by atoms with Crippen molar-refractivity contribution in [3.05, 3.63) is 18.0 Å². The van der Waals surface area contributed by atoms with Gasteiger partial charge in [-0.05, 0) is 20.9 Å². The molecule has 5 heteroatoms. The number of nitrogens with one attached hydrogen (secondary N) is 1. The predicted octanol–water partition coefficient (Wildman–Crippen LogP) is 0.726. The summed E-state index contributed by atoms with van der Waals surface area (Å²) < 4.78 is 0. The van der Waals surface area contributed by atoms with Crippen LogP contribution in [0.2, 0.25) is 0 Å². The summed E-state index contributed by atoms with van der Waals surface area (Å²) in [7, 11) is 1.93. The predicted molar refractivity (Wildman–Crippen MR) is 73.7 cm³/mol. The number of hydrogen-bond acceptors (Lipinski definition) is 5. The fourth-order valence-corrected chi connectivity index (χ4v) is 2.24. The number of anilines is 1. The molecule has 0 unspecified atom stereocenters. The van der Waals surface area contributed by atoms with Crippen LogP contribution in [0.5, 0.6) is 0 Å². The maximum atomic E-state index is 4.45. The molecule has 1 aliphatic heterocycles. The van der Waals surface area contributed by atoms with E-state index in [0.29, 0.717) is 6.04 Å². The van der Waals surface area contributed by atoms with Gasteiger partial charge in [0, 0.05) is 56.7 Å². The first-order valence-corrected chi connectivity index (χ1v) is 6.65. The van der Waals surface area contributed by atoms with Crippen LogP contribution in [-0.4, -0.2) is 54.1 Å². The fourth-order valence-electron chi connectivity index (χ4n) is 2.24. The van der Waals surface area contributed by atoms with E-state index >= 15 is 0 Å². The molecule has 0 aromatic carbocycles. The van der Waals surface area contributed by atoms with Gasteiger partial charge in [-0.2, -0.15) is 0 Å². The van der Waals surface area contributed by atoms with Crippen molar-refractivity contribution < 1.29 is 0 Å². The first kappa shape index (κ1) is 13.2. The molecule has 1 aliphatic rings. The Morgan fingerprint density at radius 2 is 1.78 bits per heavy atom. The van der Waals surface area contributed by atoms with E-state index in [1.54, 1.807) is 0 Å². The summed E-state index contributed by atoms with van der Waals surface area (Å²) in [6.45, 7) is 9.55. The number of aromatic nitrogens is 2. The second kappa shape index (κ2) is 6.11. The molecular formula is C13H23N5. The summed E-state index contributed by atoms with van der Waals surface area (Å²) in [5.74, 6) is 0.859. The lowest BCUT2D eigenvalue weighted by atomic mass is 10.2. The highest BCUT2D eigenvalue weighted by molar-refractivity contribution is 5.30. The standard InChI is InChI=1S/C13H23N5/c1-11(2)17-4-6-18(7-5-17)13-15-9-12(8-14-3)10-16-13/h9-11,14H,4-8H2,1-3H3. The summed E-state index contributed by atoms with van der Waals surface area (Å²) in [4.78, 5) is 13.7. The molecule has 0 spiro atoms. The smallest absolute Gasteiger partial charge is 0.225 e. The van der Waals surface area contributed by atoms with Crippen LogP contribution in [0.3, 0.4) is 0 Å². The maximum absolute atomic E-state index is 4.45. The Kier molecular flexibility index (Phi) is 4.49. The van der Waals surface area contributed by atoms with Crippen molar-refractivity contribution in [3.8, 4) is 0 Å². The average Bonchev–Trinajstić information content (AvgIpc) is 2.40. The Morgan fingerprint density at radius 3 is 2.28 bits per heavy atom. The van der Waals surface area contributed by atoms with Crippen molar-refractivity contribution in [3.63, 3.8) is 0 Å². The minimum absolute atomic E-state index is 0.631. The lowest BCUT2D eigenvalue weighted by Gasteiger charge is -2.36. The van der Waals surface area contributed by atoms with Crippen molar-refractivity contribution in [2.75, 3.05) is 38.1 Å². The fraction of sp³-hybridized carbons (Fsp3) is 0.692. The van der Waals surface area contributed by atoms with E-state index in [2.05, 4.69) is 38.9 Å². The number of piperazine rings is 1. The molecule has 100 valence electrons. The molecule has 1 aromatic heterocycles. The summed E-state index contributed by atoms with van der Waals surface area (Å²) in [5.41, 5.74) is 1.13. The van der Waals surface area contributed by atoms with Gasteiger partial charge < -0.3 is 10.2 Å². The largest absolute Gasteiger partial charge is 0.338 e. The van der Waals surface area contributed by atoms with Gasteiger partial charge in [0.15, 0.2) is 0 Å². The quantitative estimate of drug-likeness (QED) is 0.852. The summed E-state index contributed by atoms with van der Waals surface area (Å²) in [5, 5.41) is 3.10. The molecule has 0 amide bonds. The third-order valence-corrected chi connectivity index (χ3v) is 3.40. The molecule has 1 aromatic rings. The van der Waals surface area contributed by atoms with Gasteiger partial charge in [-0.15, -0.1) is 0 Å². The molecule has 1 N–H and O–H groups in total. The highest BCUT2D eigenvalue weighted by Gasteiger charge is 2.20. The lowest BCUT2D eigenvalue weighted by molar-refractivity contribution is 0.208. The zero-order valence-electron chi connectivity index (χ0n) is 11.6. The van der Waals surface area contributed by atoms with Crippen LogP contribution in [0.4, 0.5) is 5.95 Å². The van der Waals surface area contributed by atoms with Crippen LogP contribution in [-0.2, 0) is 6.54 Å². The van der Waals surface area contributed by atoms with E-state index in [1.165, 1.54) is 0 Å². The van der Waals surface area contributed by atoms with Crippen molar-refractivity contribution in [2.45, 2.75) is 26.4 Å². The minimum atomic E-state index is 0.631. The molecule has 18 heavy (non-hydrogen) atoms. The third-order valence-electron chi connectivity index (χ3n) is 3.40. The Morgan fingerprint density at radius 1 is 1.17 bits per heavy atom. The van der Waals surface area contributed by atoms with Crippen LogP contribution < -0.4 is 10.2 Å². The van der Waals surface area contributed by atoms with Gasteiger partial charge in [0.05, 0.1) is 0 Å². The van der Waals surface area contributed by atoms with Crippen molar-refractivity contribution >= 4 is 5.95 Å². The van der Waals surface area contributed by atoms with Gasteiger partial charge in [0.25, 0.3) is 0 Å². The number of rotatable bonds is 4. The summed E-state index contributed by atoms with van der Waals surface area (Å²) >= 11 is 0. The van der Waals surface area contributed by atoms with E-state index in [-0.39, 0.29) is 0 Å². The highest BCUT2D eigenvalue weighted by Crippen LogP contribution is 2.12. The molecule has 1 fully saturated rings. The van der Waals surface area contributed by atoms with Gasteiger partial charge in [-0.25, -0.2) is 9.97 Å². The molecule has 0 aliphatic carbocycles. The summed E-state index contributed by atoms with van der Waals surface area (Å²) in [6, 6.07) is 0.631. The van der Waals surface area contributed by atoms with Crippen molar-refractivity contribution in [1.29, 1.82) is 0 Å². The lowest BCUT2D eigenvalue weighted by Crippen LogP contribution is -2.49. The molecule has 5 nitrogen and oxygen atoms in total. The molecule has 1 saturated heterocycles. The average molecular weight is 249 g/mol. The van der Waals surface area contributed by atoms with E-state index in [9.17, 15) is 0 Å². The molecule has 0 atom stereocenters. The molecule has 2 heterocycles.